The SMILES string of the molecule is CC(C)c1ccccc1OCC(O)c1ccccc1N. The van der Waals surface area contributed by atoms with Gasteiger partial charge < -0.3 is 15.6 Å². The van der Waals surface area contributed by atoms with Crippen molar-refractivity contribution in [2.45, 2.75) is 25.9 Å². The van der Waals surface area contributed by atoms with Crippen molar-refractivity contribution in [1.82, 2.24) is 0 Å². The van der Waals surface area contributed by atoms with E-state index >= 15 is 0 Å². The summed E-state index contributed by atoms with van der Waals surface area (Å²) < 4.78 is 5.76. The summed E-state index contributed by atoms with van der Waals surface area (Å²) in [5.41, 5.74) is 8.28. The van der Waals surface area contributed by atoms with E-state index in [2.05, 4.69) is 13.8 Å². The van der Waals surface area contributed by atoms with Gasteiger partial charge in [-0.05, 0) is 23.6 Å². The highest BCUT2D eigenvalue weighted by atomic mass is 16.5. The number of para-hydroxylation sites is 2. The minimum atomic E-state index is -0.726. The van der Waals surface area contributed by atoms with Gasteiger partial charge in [-0.25, -0.2) is 0 Å². The van der Waals surface area contributed by atoms with E-state index in [1.165, 1.54) is 0 Å². The number of benzene rings is 2. The van der Waals surface area contributed by atoms with Crippen LogP contribution in [0, 0.1) is 0 Å². The zero-order valence-electron chi connectivity index (χ0n) is 11.9. The van der Waals surface area contributed by atoms with Crippen LogP contribution >= 0.6 is 0 Å². The summed E-state index contributed by atoms with van der Waals surface area (Å²) in [6.45, 7) is 4.43. The molecule has 1 unspecified atom stereocenters. The van der Waals surface area contributed by atoms with Gasteiger partial charge in [-0.1, -0.05) is 50.2 Å². The van der Waals surface area contributed by atoms with Crippen molar-refractivity contribution in [1.29, 1.82) is 0 Å². The molecule has 0 aliphatic rings. The van der Waals surface area contributed by atoms with Crippen LogP contribution in [0.25, 0.3) is 0 Å². The molecule has 3 nitrogen and oxygen atoms in total. The lowest BCUT2D eigenvalue weighted by atomic mass is 10.0. The van der Waals surface area contributed by atoms with Gasteiger partial charge in [0.15, 0.2) is 0 Å². The Labute approximate surface area is 120 Å². The second-order valence-corrected chi connectivity index (χ2v) is 5.15. The van der Waals surface area contributed by atoms with Crippen molar-refractivity contribution in [3.63, 3.8) is 0 Å². The Morgan fingerprint density at radius 2 is 1.60 bits per heavy atom. The Morgan fingerprint density at radius 1 is 1.00 bits per heavy atom. The van der Waals surface area contributed by atoms with Gasteiger partial charge in [-0.2, -0.15) is 0 Å². The smallest absolute Gasteiger partial charge is 0.122 e. The molecule has 2 aromatic carbocycles. The van der Waals surface area contributed by atoms with Crippen LogP contribution in [0.2, 0.25) is 0 Å². The molecule has 106 valence electrons. The Morgan fingerprint density at radius 3 is 2.25 bits per heavy atom. The molecule has 3 heteroatoms. The molecule has 0 fully saturated rings. The summed E-state index contributed by atoms with van der Waals surface area (Å²) >= 11 is 0. The minimum Gasteiger partial charge on any atom is -0.490 e. The maximum Gasteiger partial charge on any atom is 0.122 e. The predicted octanol–water partition coefficient (Wildman–Crippen LogP) is 3.50. The van der Waals surface area contributed by atoms with Crippen LogP contribution in [0.4, 0.5) is 5.69 Å². The number of hydrogen-bond donors (Lipinski definition) is 2. The molecule has 2 aromatic rings. The number of aliphatic hydroxyl groups excluding tert-OH is 1. The zero-order chi connectivity index (χ0) is 14.5. The lowest BCUT2D eigenvalue weighted by molar-refractivity contribution is 0.108. The molecule has 0 aliphatic carbocycles. The average molecular weight is 271 g/mol. The Kier molecular flexibility index (Phi) is 4.64. The third-order valence-electron chi connectivity index (χ3n) is 3.29. The molecule has 1 atom stereocenters. The van der Waals surface area contributed by atoms with Crippen LogP contribution in [0.15, 0.2) is 48.5 Å². The number of anilines is 1. The zero-order valence-corrected chi connectivity index (χ0v) is 11.9. The molecule has 0 saturated carbocycles. The van der Waals surface area contributed by atoms with E-state index in [-0.39, 0.29) is 6.61 Å². The van der Waals surface area contributed by atoms with Crippen LogP contribution in [-0.4, -0.2) is 11.7 Å². The van der Waals surface area contributed by atoms with Crippen molar-refractivity contribution in [3.05, 3.63) is 59.7 Å². The first-order chi connectivity index (χ1) is 9.59. The fraction of sp³-hybridized carbons (Fsp3) is 0.294. The number of rotatable bonds is 5. The highest BCUT2D eigenvalue weighted by molar-refractivity contribution is 5.47. The maximum atomic E-state index is 10.2. The molecule has 0 saturated heterocycles. The second-order valence-electron chi connectivity index (χ2n) is 5.15. The van der Waals surface area contributed by atoms with Gasteiger partial charge >= 0.3 is 0 Å². The summed E-state index contributed by atoms with van der Waals surface area (Å²) in [5, 5.41) is 10.2. The molecule has 0 aromatic heterocycles. The molecule has 0 aliphatic heterocycles. The molecular formula is C17H21NO2. The number of nitrogens with two attached hydrogens (primary N) is 1. The normalized spacial score (nSPS) is 12.4. The van der Waals surface area contributed by atoms with Crippen molar-refractivity contribution in [2.24, 2.45) is 0 Å². The van der Waals surface area contributed by atoms with Crippen LogP contribution in [0.3, 0.4) is 0 Å². The third kappa shape index (κ3) is 3.31. The topological polar surface area (TPSA) is 55.5 Å². The Balaban J connectivity index is 2.08. The Hall–Kier alpha value is -2.00. The number of ether oxygens (including phenoxy) is 1. The molecule has 20 heavy (non-hydrogen) atoms. The van der Waals surface area contributed by atoms with Gasteiger partial charge in [-0.15, -0.1) is 0 Å². The van der Waals surface area contributed by atoms with Crippen molar-refractivity contribution < 1.29 is 9.84 Å². The fourth-order valence-electron chi connectivity index (χ4n) is 2.16. The predicted molar refractivity (Wildman–Crippen MR) is 81.8 cm³/mol. The van der Waals surface area contributed by atoms with Crippen LogP contribution in [0.5, 0.6) is 5.75 Å². The summed E-state index contributed by atoms with van der Waals surface area (Å²) in [5.74, 6) is 1.20. The highest BCUT2D eigenvalue weighted by Gasteiger charge is 2.13. The number of hydrogen-bond acceptors (Lipinski definition) is 3. The van der Waals surface area contributed by atoms with E-state index in [0.29, 0.717) is 17.2 Å². The Bertz CT molecular complexity index is 566. The molecular weight excluding hydrogens is 250 g/mol. The van der Waals surface area contributed by atoms with Gasteiger partial charge in [0, 0.05) is 11.3 Å². The van der Waals surface area contributed by atoms with E-state index < -0.39 is 6.10 Å². The summed E-state index contributed by atoms with van der Waals surface area (Å²) in [4.78, 5) is 0. The maximum absolute atomic E-state index is 10.2. The van der Waals surface area contributed by atoms with Gasteiger partial charge in [0.1, 0.15) is 18.5 Å². The molecule has 0 bridgehead atoms. The minimum absolute atomic E-state index is 0.192. The summed E-state index contributed by atoms with van der Waals surface area (Å²) in [6, 6.07) is 15.2. The largest absolute Gasteiger partial charge is 0.490 e. The van der Waals surface area contributed by atoms with E-state index in [9.17, 15) is 5.11 Å². The van der Waals surface area contributed by atoms with Gasteiger partial charge in [0.2, 0.25) is 0 Å². The molecule has 0 spiro atoms. The third-order valence-corrected chi connectivity index (χ3v) is 3.29. The first-order valence-corrected chi connectivity index (χ1v) is 6.83. The van der Waals surface area contributed by atoms with Gasteiger partial charge in [0.05, 0.1) is 0 Å². The first kappa shape index (κ1) is 14.4. The monoisotopic (exact) mass is 271 g/mol. The van der Waals surface area contributed by atoms with Crippen LogP contribution < -0.4 is 10.5 Å². The van der Waals surface area contributed by atoms with Crippen LogP contribution in [-0.2, 0) is 0 Å². The fourth-order valence-corrected chi connectivity index (χ4v) is 2.16. The van der Waals surface area contributed by atoms with Gasteiger partial charge in [0.25, 0.3) is 0 Å². The van der Waals surface area contributed by atoms with Crippen LogP contribution in [0.1, 0.15) is 37.0 Å². The van der Waals surface area contributed by atoms with E-state index in [4.69, 9.17) is 10.5 Å². The van der Waals surface area contributed by atoms with E-state index in [0.717, 1.165) is 11.3 Å². The number of nitrogen functional groups attached to an aromatic ring is 1. The van der Waals surface area contributed by atoms with Crippen molar-refractivity contribution >= 4 is 5.69 Å². The van der Waals surface area contributed by atoms with E-state index in [1.807, 2.05) is 42.5 Å². The summed E-state index contributed by atoms with van der Waals surface area (Å²) in [6.07, 6.45) is -0.726. The van der Waals surface area contributed by atoms with Crippen molar-refractivity contribution in [2.75, 3.05) is 12.3 Å². The number of aliphatic hydroxyl groups is 1. The second kappa shape index (κ2) is 6.44. The lowest BCUT2D eigenvalue weighted by Gasteiger charge is -2.17. The molecule has 3 N–H and O–H groups in total. The van der Waals surface area contributed by atoms with Crippen molar-refractivity contribution in [3.8, 4) is 5.75 Å². The molecule has 2 rings (SSSR count). The van der Waals surface area contributed by atoms with E-state index in [1.54, 1.807) is 6.07 Å². The first-order valence-electron chi connectivity index (χ1n) is 6.83. The lowest BCUT2D eigenvalue weighted by Crippen LogP contribution is -2.12. The van der Waals surface area contributed by atoms with Gasteiger partial charge in [-0.3, -0.25) is 0 Å². The standard InChI is InChI=1S/C17H21NO2/c1-12(2)13-7-4-6-10-17(13)20-11-16(19)14-8-3-5-9-15(14)18/h3-10,12,16,19H,11,18H2,1-2H3. The highest BCUT2D eigenvalue weighted by Crippen LogP contribution is 2.27. The molecule has 0 amide bonds. The quantitative estimate of drug-likeness (QED) is 0.818. The summed E-state index contributed by atoms with van der Waals surface area (Å²) in [7, 11) is 0. The molecule has 0 radical (unpaired) electrons. The molecule has 0 heterocycles. The average Bonchev–Trinajstić information content (AvgIpc) is 2.45.